The summed E-state index contributed by atoms with van der Waals surface area (Å²) < 4.78 is 10.4. The summed E-state index contributed by atoms with van der Waals surface area (Å²) in [5, 5.41) is 0. The molecule has 3 aromatic rings. The second-order valence-electron chi connectivity index (χ2n) is 6.81. The van der Waals surface area contributed by atoms with E-state index in [4.69, 9.17) is 9.15 Å². The largest absolute Gasteiger partial charge is 0.469 e. The monoisotopic (exact) mass is 362 g/mol. The summed E-state index contributed by atoms with van der Waals surface area (Å²) in [5.74, 6) is 0.716. The van der Waals surface area contributed by atoms with Gasteiger partial charge in [0.1, 0.15) is 5.76 Å². The van der Waals surface area contributed by atoms with Crippen LogP contribution in [0.1, 0.15) is 30.4 Å². The molecule has 140 valence electrons. The molecule has 3 rings (SSSR count). The number of benzene rings is 2. The minimum atomic E-state index is -0.102. The predicted molar refractivity (Wildman–Crippen MR) is 107 cm³/mol. The maximum Gasteiger partial charge on any atom is 0.308 e. The molecule has 0 saturated carbocycles. The van der Waals surface area contributed by atoms with Crippen LogP contribution in [0.4, 0.5) is 0 Å². The molecule has 0 aliphatic rings. The van der Waals surface area contributed by atoms with Gasteiger partial charge in [0.2, 0.25) is 0 Å². The van der Waals surface area contributed by atoms with E-state index in [1.165, 1.54) is 18.2 Å². The predicted octanol–water partition coefficient (Wildman–Crippen LogP) is 5.69. The maximum absolute atomic E-state index is 12.2. The Kier molecular flexibility index (Phi) is 6.86. The number of furan rings is 1. The number of esters is 1. The van der Waals surface area contributed by atoms with Gasteiger partial charge in [-0.2, -0.15) is 0 Å². The van der Waals surface area contributed by atoms with Gasteiger partial charge in [0, 0.05) is 5.56 Å². The summed E-state index contributed by atoms with van der Waals surface area (Å²) in [6, 6.07) is 22.6. The van der Waals surface area contributed by atoms with Crippen molar-refractivity contribution in [3.05, 3.63) is 84.1 Å². The van der Waals surface area contributed by atoms with Crippen molar-refractivity contribution in [3.63, 3.8) is 0 Å². The average molecular weight is 362 g/mol. The highest BCUT2D eigenvalue weighted by Gasteiger charge is 2.18. The van der Waals surface area contributed by atoms with Crippen LogP contribution in [0, 0.1) is 5.92 Å². The van der Waals surface area contributed by atoms with Crippen molar-refractivity contribution < 1.29 is 13.9 Å². The van der Waals surface area contributed by atoms with E-state index in [9.17, 15) is 4.79 Å². The summed E-state index contributed by atoms with van der Waals surface area (Å²) in [5.41, 5.74) is 3.60. The molecular formula is C24H26O3. The lowest BCUT2D eigenvalue weighted by Gasteiger charge is -2.14. The number of ether oxygens (including phenoxy) is 1. The average Bonchev–Trinajstić information content (AvgIpc) is 3.26. The molecule has 1 atom stereocenters. The van der Waals surface area contributed by atoms with Gasteiger partial charge in [0.05, 0.1) is 19.3 Å². The third kappa shape index (κ3) is 5.58. The number of hydrogen-bond donors (Lipinski definition) is 0. The van der Waals surface area contributed by atoms with Gasteiger partial charge in [-0.05, 0) is 55.4 Å². The molecule has 0 saturated heterocycles. The highest BCUT2D eigenvalue weighted by Crippen LogP contribution is 2.22. The Hall–Kier alpha value is -2.81. The number of carbonyl (C=O) groups excluding carboxylic acids is 1. The third-order valence-corrected chi connectivity index (χ3v) is 4.94. The zero-order valence-electron chi connectivity index (χ0n) is 15.8. The minimum absolute atomic E-state index is 0.0523. The van der Waals surface area contributed by atoms with E-state index >= 15 is 0 Å². The van der Waals surface area contributed by atoms with Gasteiger partial charge in [-0.15, -0.1) is 0 Å². The summed E-state index contributed by atoms with van der Waals surface area (Å²) in [6.07, 6.45) is 6.18. The van der Waals surface area contributed by atoms with E-state index in [1.807, 2.05) is 18.2 Å². The Bertz CT molecular complexity index is 805. The Morgan fingerprint density at radius 2 is 1.63 bits per heavy atom. The minimum Gasteiger partial charge on any atom is -0.469 e. The molecule has 0 bridgehead atoms. The molecule has 0 aliphatic carbocycles. The van der Waals surface area contributed by atoms with E-state index in [2.05, 4.69) is 48.5 Å². The normalized spacial score (nSPS) is 11.9. The molecule has 3 heteroatoms. The van der Waals surface area contributed by atoms with Crippen LogP contribution in [0.25, 0.3) is 11.3 Å². The first-order chi connectivity index (χ1) is 13.3. The summed E-state index contributed by atoms with van der Waals surface area (Å²) in [7, 11) is 1.48. The molecule has 27 heavy (non-hydrogen) atoms. The van der Waals surface area contributed by atoms with Crippen LogP contribution >= 0.6 is 0 Å². The summed E-state index contributed by atoms with van der Waals surface area (Å²) in [4.78, 5) is 12.2. The fourth-order valence-electron chi connectivity index (χ4n) is 3.36. The lowest BCUT2D eigenvalue weighted by molar-refractivity contribution is -0.145. The van der Waals surface area contributed by atoms with Gasteiger partial charge >= 0.3 is 5.97 Å². The Labute approximate surface area is 161 Å². The number of carbonyl (C=O) groups is 1. The van der Waals surface area contributed by atoms with Crippen molar-refractivity contribution in [2.75, 3.05) is 7.11 Å². The van der Waals surface area contributed by atoms with Crippen LogP contribution < -0.4 is 0 Å². The first-order valence-corrected chi connectivity index (χ1v) is 9.51. The number of hydrogen-bond acceptors (Lipinski definition) is 3. The third-order valence-electron chi connectivity index (χ3n) is 4.94. The number of methoxy groups -OCH3 is 1. The molecule has 3 nitrogen and oxygen atoms in total. The smallest absolute Gasteiger partial charge is 0.308 e. The van der Waals surface area contributed by atoms with Crippen LogP contribution in [0.2, 0.25) is 0 Å². The van der Waals surface area contributed by atoms with Crippen molar-refractivity contribution >= 4 is 5.97 Å². The molecule has 0 spiro atoms. The maximum atomic E-state index is 12.2. The number of rotatable bonds is 9. The lowest BCUT2D eigenvalue weighted by atomic mass is 9.93. The van der Waals surface area contributed by atoms with Crippen molar-refractivity contribution in [2.45, 2.75) is 32.1 Å². The van der Waals surface area contributed by atoms with Crippen LogP contribution in [0.15, 0.2) is 77.4 Å². The Morgan fingerprint density at radius 1 is 0.889 bits per heavy atom. The Balaban J connectivity index is 1.52. The van der Waals surface area contributed by atoms with Crippen LogP contribution in [0.3, 0.4) is 0 Å². The molecule has 1 aromatic heterocycles. The van der Waals surface area contributed by atoms with Crippen LogP contribution in [0.5, 0.6) is 0 Å². The highest BCUT2D eigenvalue weighted by atomic mass is 16.5. The molecule has 0 N–H and O–H groups in total. The molecule has 0 fully saturated rings. The molecular weight excluding hydrogens is 336 g/mol. The van der Waals surface area contributed by atoms with Gasteiger partial charge in [-0.1, -0.05) is 54.6 Å². The van der Waals surface area contributed by atoms with Crippen LogP contribution in [-0.4, -0.2) is 13.1 Å². The van der Waals surface area contributed by atoms with E-state index in [-0.39, 0.29) is 11.9 Å². The van der Waals surface area contributed by atoms with Gasteiger partial charge in [0.15, 0.2) is 0 Å². The molecule has 2 aromatic carbocycles. The van der Waals surface area contributed by atoms with Gasteiger partial charge in [0.25, 0.3) is 0 Å². The molecule has 0 amide bonds. The second-order valence-corrected chi connectivity index (χ2v) is 6.81. The summed E-state index contributed by atoms with van der Waals surface area (Å²) in [6.45, 7) is 0. The molecule has 0 aliphatic heterocycles. The zero-order valence-corrected chi connectivity index (χ0v) is 15.8. The number of aryl methyl sites for hydroxylation is 2. The first kappa shape index (κ1) is 19.0. The summed E-state index contributed by atoms with van der Waals surface area (Å²) >= 11 is 0. The second kappa shape index (κ2) is 9.77. The highest BCUT2D eigenvalue weighted by molar-refractivity contribution is 5.72. The van der Waals surface area contributed by atoms with Crippen molar-refractivity contribution in [1.82, 2.24) is 0 Å². The molecule has 0 radical (unpaired) electrons. The van der Waals surface area contributed by atoms with Crippen LogP contribution in [-0.2, 0) is 22.4 Å². The van der Waals surface area contributed by atoms with E-state index < -0.39 is 0 Å². The van der Waals surface area contributed by atoms with E-state index in [0.717, 1.165) is 43.4 Å². The standard InChI is InChI=1S/C24H26O3/c1-26-24(25)22(10-5-9-19-7-3-2-4-8-19)17-14-20-12-15-21(16-13-20)23-11-6-18-27-23/h2-4,6-8,11-13,15-16,18,22H,5,9-10,14,17H2,1H3. The SMILES string of the molecule is COC(=O)C(CCCc1ccccc1)CCc1ccc(-c2ccco2)cc1. The fraction of sp³-hybridized carbons (Fsp3) is 0.292. The Morgan fingerprint density at radius 3 is 2.30 bits per heavy atom. The topological polar surface area (TPSA) is 39.4 Å². The zero-order chi connectivity index (χ0) is 18.9. The van der Waals surface area contributed by atoms with Crippen molar-refractivity contribution in [3.8, 4) is 11.3 Å². The van der Waals surface area contributed by atoms with Gasteiger partial charge in [-0.3, -0.25) is 4.79 Å². The fourth-order valence-corrected chi connectivity index (χ4v) is 3.36. The van der Waals surface area contributed by atoms with Crippen molar-refractivity contribution in [2.24, 2.45) is 5.92 Å². The molecule has 1 unspecified atom stereocenters. The van der Waals surface area contributed by atoms with E-state index in [1.54, 1.807) is 6.26 Å². The quantitative estimate of drug-likeness (QED) is 0.459. The molecule has 1 heterocycles. The van der Waals surface area contributed by atoms with Gasteiger partial charge in [-0.25, -0.2) is 0 Å². The lowest BCUT2D eigenvalue weighted by Crippen LogP contribution is -2.17. The van der Waals surface area contributed by atoms with Crippen molar-refractivity contribution in [1.29, 1.82) is 0 Å². The van der Waals surface area contributed by atoms with E-state index in [0.29, 0.717) is 0 Å². The van der Waals surface area contributed by atoms with Gasteiger partial charge < -0.3 is 9.15 Å². The first-order valence-electron chi connectivity index (χ1n) is 9.51.